The second kappa shape index (κ2) is 8.01. The molecule has 6 nitrogen and oxygen atoms in total. The number of nitrogens with one attached hydrogen (secondary N) is 1. The van der Waals surface area contributed by atoms with Crippen molar-refractivity contribution in [1.82, 2.24) is 5.43 Å². The number of benzene rings is 2. The fourth-order valence-corrected chi connectivity index (χ4v) is 2.29. The Kier molecular flexibility index (Phi) is 5.78. The van der Waals surface area contributed by atoms with Crippen molar-refractivity contribution >= 4 is 17.3 Å². The largest absolute Gasteiger partial charge is 0.282 e. The monoisotopic (exact) mass is 325 g/mol. The number of hydrazone groups is 1. The van der Waals surface area contributed by atoms with Crippen LogP contribution in [0.25, 0.3) is 0 Å². The van der Waals surface area contributed by atoms with Gasteiger partial charge in [-0.3, -0.25) is 14.9 Å². The maximum Gasteiger partial charge on any atom is 0.282 e. The standard InChI is InChI=1S/C18H19N3O3/c1-3-6-14-9-11-15(12-10-14)13(2)19-20-18(22)16-7-4-5-8-17(16)21(23)24/h4-5,7-12H,3,6H2,1-2H3,(H,20,22)/b19-13+. The zero-order valence-corrected chi connectivity index (χ0v) is 13.7. The molecule has 0 fully saturated rings. The average Bonchev–Trinajstić information content (AvgIpc) is 2.60. The molecule has 24 heavy (non-hydrogen) atoms. The second-order valence-corrected chi connectivity index (χ2v) is 5.36. The molecule has 0 atom stereocenters. The van der Waals surface area contributed by atoms with Gasteiger partial charge in [0.2, 0.25) is 0 Å². The average molecular weight is 325 g/mol. The first-order valence-corrected chi connectivity index (χ1v) is 7.70. The molecule has 2 aromatic rings. The summed E-state index contributed by atoms with van der Waals surface area (Å²) in [5.74, 6) is -0.607. The number of nitro groups is 1. The predicted molar refractivity (Wildman–Crippen MR) is 93.2 cm³/mol. The molecule has 0 spiro atoms. The van der Waals surface area contributed by atoms with Crippen molar-refractivity contribution in [3.8, 4) is 0 Å². The Balaban J connectivity index is 2.12. The van der Waals surface area contributed by atoms with Crippen molar-refractivity contribution in [2.75, 3.05) is 0 Å². The number of amides is 1. The number of carbonyl (C=O) groups is 1. The molecule has 0 aliphatic heterocycles. The first kappa shape index (κ1) is 17.3. The van der Waals surface area contributed by atoms with Crippen LogP contribution >= 0.6 is 0 Å². The molecule has 0 bridgehead atoms. The fourth-order valence-electron chi connectivity index (χ4n) is 2.29. The van der Waals surface area contributed by atoms with E-state index in [0.717, 1.165) is 18.4 Å². The Morgan fingerprint density at radius 2 is 1.83 bits per heavy atom. The number of aryl methyl sites for hydroxylation is 1. The maximum absolute atomic E-state index is 12.1. The van der Waals surface area contributed by atoms with E-state index in [0.29, 0.717) is 5.71 Å². The van der Waals surface area contributed by atoms with Crippen molar-refractivity contribution in [2.24, 2.45) is 5.10 Å². The van der Waals surface area contributed by atoms with Gasteiger partial charge in [-0.05, 0) is 30.5 Å². The molecule has 0 saturated heterocycles. The Morgan fingerprint density at radius 1 is 1.17 bits per heavy atom. The smallest absolute Gasteiger partial charge is 0.267 e. The summed E-state index contributed by atoms with van der Waals surface area (Å²) in [7, 11) is 0. The molecule has 2 aromatic carbocycles. The highest BCUT2D eigenvalue weighted by atomic mass is 16.6. The summed E-state index contributed by atoms with van der Waals surface area (Å²) in [5.41, 5.74) is 4.88. The number of nitro benzene ring substituents is 1. The van der Waals surface area contributed by atoms with Gasteiger partial charge in [-0.2, -0.15) is 5.10 Å². The molecule has 0 aliphatic carbocycles. The molecule has 0 saturated carbocycles. The normalized spacial score (nSPS) is 11.2. The molecular formula is C18H19N3O3. The number of rotatable bonds is 6. The Morgan fingerprint density at radius 3 is 2.46 bits per heavy atom. The maximum atomic E-state index is 12.1. The van der Waals surface area contributed by atoms with Crippen LogP contribution in [0, 0.1) is 10.1 Å². The topological polar surface area (TPSA) is 84.6 Å². The third kappa shape index (κ3) is 4.25. The van der Waals surface area contributed by atoms with Gasteiger partial charge in [-0.1, -0.05) is 49.7 Å². The van der Waals surface area contributed by atoms with Gasteiger partial charge in [-0.25, -0.2) is 5.43 Å². The Labute approximate surface area is 140 Å². The van der Waals surface area contributed by atoms with Crippen LogP contribution in [0.4, 0.5) is 5.69 Å². The van der Waals surface area contributed by atoms with Gasteiger partial charge in [0.15, 0.2) is 0 Å². The Hall–Kier alpha value is -3.02. The highest BCUT2D eigenvalue weighted by molar-refractivity contribution is 6.02. The summed E-state index contributed by atoms with van der Waals surface area (Å²) in [6.45, 7) is 3.90. The molecule has 6 heteroatoms. The molecule has 0 unspecified atom stereocenters. The van der Waals surface area contributed by atoms with Crippen LogP contribution in [0.5, 0.6) is 0 Å². The summed E-state index contributed by atoms with van der Waals surface area (Å²) < 4.78 is 0. The molecule has 0 radical (unpaired) electrons. The minimum atomic E-state index is -0.607. The van der Waals surface area contributed by atoms with Crippen LogP contribution in [0.15, 0.2) is 53.6 Å². The number of hydrogen-bond donors (Lipinski definition) is 1. The van der Waals surface area contributed by atoms with E-state index in [9.17, 15) is 14.9 Å². The SMILES string of the molecule is CCCc1ccc(/C(C)=N/NC(=O)c2ccccc2[N+](=O)[O-])cc1. The van der Waals surface area contributed by atoms with Gasteiger partial charge < -0.3 is 0 Å². The van der Waals surface area contributed by atoms with Crippen molar-refractivity contribution in [3.05, 3.63) is 75.3 Å². The molecule has 0 aliphatic rings. The lowest BCUT2D eigenvalue weighted by molar-refractivity contribution is -0.385. The van der Waals surface area contributed by atoms with E-state index in [-0.39, 0.29) is 11.3 Å². The molecule has 1 N–H and O–H groups in total. The second-order valence-electron chi connectivity index (χ2n) is 5.36. The van der Waals surface area contributed by atoms with E-state index in [1.807, 2.05) is 24.3 Å². The Bertz CT molecular complexity index is 767. The lowest BCUT2D eigenvalue weighted by atomic mass is 10.1. The highest BCUT2D eigenvalue weighted by Crippen LogP contribution is 2.17. The van der Waals surface area contributed by atoms with Crippen LogP contribution in [0.2, 0.25) is 0 Å². The number of hydrogen-bond acceptors (Lipinski definition) is 4. The number of para-hydroxylation sites is 1. The van der Waals surface area contributed by atoms with Crippen LogP contribution in [0.1, 0.15) is 41.8 Å². The molecule has 0 heterocycles. The summed E-state index contributed by atoms with van der Waals surface area (Å²) >= 11 is 0. The predicted octanol–water partition coefficient (Wildman–Crippen LogP) is 3.70. The minimum Gasteiger partial charge on any atom is -0.267 e. The zero-order valence-electron chi connectivity index (χ0n) is 13.7. The van der Waals surface area contributed by atoms with Gasteiger partial charge in [0.25, 0.3) is 11.6 Å². The van der Waals surface area contributed by atoms with E-state index in [2.05, 4.69) is 17.5 Å². The van der Waals surface area contributed by atoms with Crippen molar-refractivity contribution < 1.29 is 9.72 Å². The van der Waals surface area contributed by atoms with Gasteiger partial charge >= 0.3 is 0 Å². The van der Waals surface area contributed by atoms with Crippen LogP contribution in [-0.4, -0.2) is 16.5 Å². The van der Waals surface area contributed by atoms with Crippen LogP contribution in [-0.2, 0) is 6.42 Å². The molecule has 124 valence electrons. The summed E-state index contributed by atoms with van der Waals surface area (Å²) in [4.78, 5) is 22.5. The van der Waals surface area contributed by atoms with Crippen molar-refractivity contribution in [1.29, 1.82) is 0 Å². The van der Waals surface area contributed by atoms with E-state index in [4.69, 9.17) is 0 Å². The van der Waals surface area contributed by atoms with E-state index in [1.165, 1.54) is 23.8 Å². The van der Waals surface area contributed by atoms with Crippen LogP contribution < -0.4 is 5.43 Å². The minimum absolute atomic E-state index is 0.0163. The van der Waals surface area contributed by atoms with E-state index >= 15 is 0 Å². The molecule has 0 aromatic heterocycles. The first-order chi connectivity index (χ1) is 11.5. The van der Waals surface area contributed by atoms with Gasteiger partial charge in [-0.15, -0.1) is 0 Å². The first-order valence-electron chi connectivity index (χ1n) is 7.70. The quantitative estimate of drug-likeness (QED) is 0.499. The van der Waals surface area contributed by atoms with Crippen molar-refractivity contribution in [2.45, 2.75) is 26.7 Å². The molecule has 2 rings (SSSR count). The lowest BCUT2D eigenvalue weighted by Gasteiger charge is -2.05. The third-order valence-corrected chi connectivity index (χ3v) is 3.58. The number of carbonyl (C=O) groups excluding carboxylic acids is 1. The fraction of sp³-hybridized carbons (Fsp3) is 0.222. The van der Waals surface area contributed by atoms with Gasteiger partial charge in [0.1, 0.15) is 5.56 Å². The van der Waals surface area contributed by atoms with Crippen LogP contribution in [0.3, 0.4) is 0 Å². The van der Waals surface area contributed by atoms with E-state index < -0.39 is 10.8 Å². The van der Waals surface area contributed by atoms with Crippen molar-refractivity contribution in [3.63, 3.8) is 0 Å². The van der Waals surface area contributed by atoms with Gasteiger partial charge in [0, 0.05) is 6.07 Å². The summed E-state index contributed by atoms with van der Waals surface area (Å²) in [6, 6.07) is 13.7. The number of nitrogens with zero attached hydrogens (tertiary/aromatic N) is 2. The summed E-state index contributed by atoms with van der Waals surface area (Å²) in [6.07, 6.45) is 2.10. The zero-order chi connectivity index (χ0) is 17.5. The lowest BCUT2D eigenvalue weighted by Crippen LogP contribution is -2.20. The third-order valence-electron chi connectivity index (χ3n) is 3.58. The van der Waals surface area contributed by atoms with Gasteiger partial charge in [0.05, 0.1) is 10.6 Å². The molecular weight excluding hydrogens is 306 g/mol. The van der Waals surface area contributed by atoms with E-state index in [1.54, 1.807) is 13.0 Å². The molecule has 1 amide bonds. The summed E-state index contributed by atoms with van der Waals surface area (Å²) in [5, 5.41) is 15.0. The highest BCUT2D eigenvalue weighted by Gasteiger charge is 2.18.